The van der Waals surface area contributed by atoms with Crippen molar-refractivity contribution in [2.24, 2.45) is 0 Å². The second kappa shape index (κ2) is 8.67. The zero-order valence-electron chi connectivity index (χ0n) is 18.8. The van der Waals surface area contributed by atoms with Crippen molar-refractivity contribution in [1.29, 1.82) is 0 Å². The van der Waals surface area contributed by atoms with Crippen LogP contribution < -0.4 is 9.47 Å². The van der Waals surface area contributed by atoms with E-state index in [1.54, 1.807) is 31.4 Å². The molecule has 4 rings (SSSR count). The van der Waals surface area contributed by atoms with E-state index in [0.29, 0.717) is 24.4 Å². The molecule has 2 aromatic carbocycles. The van der Waals surface area contributed by atoms with Gasteiger partial charge in [-0.25, -0.2) is 0 Å². The number of likely N-dealkylation sites (tertiary alicyclic amines) is 1. The van der Waals surface area contributed by atoms with Gasteiger partial charge in [0.15, 0.2) is 0 Å². The third-order valence-electron chi connectivity index (χ3n) is 5.93. The minimum absolute atomic E-state index is 0.0679. The van der Waals surface area contributed by atoms with E-state index in [4.69, 9.17) is 9.47 Å². The van der Waals surface area contributed by atoms with E-state index in [1.165, 1.54) is 4.90 Å². The van der Waals surface area contributed by atoms with Crippen molar-refractivity contribution in [1.82, 2.24) is 9.80 Å². The number of amides is 1. The summed E-state index contributed by atoms with van der Waals surface area (Å²) in [6.45, 7) is 2.94. The van der Waals surface area contributed by atoms with Gasteiger partial charge in [0.25, 0.3) is 11.7 Å². The Kier molecular flexibility index (Phi) is 5.93. The predicted molar refractivity (Wildman–Crippen MR) is 121 cm³/mol. The van der Waals surface area contributed by atoms with Gasteiger partial charge < -0.3 is 24.4 Å². The molecule has 1 saturated heterocycles. The summed E-state index contributed by atoms with van der Waals surface area (Å²) in [5.74, 6) is 0.0114. The molecule has 1 N–H and O–H groups in total. The molecule has 7 heteroatoms. The predicted octanol–water partition coefficient (Wildman–Crippen LogP) is 3.00. The molecular formula is C25H28N2O5. The monoisotopic (exact) mass is 436 g/mol. The highest BCUT2D eigenvalue weighted by Crippen LogP contribution is 2.40. The number of rotatable bonds is 6. The largest absolute Gasteiger partial charge is 0.507 e. The van der Waals surface area contributed by atoms with Crippen molar-refractivity contribution in [3.05, 3.63) is 64.7 Å². The molecule has 2 aliphatic heterocycles. The molecule has 0 bridgehead atoms. The Labute approximate surface area is 187 Å². The molecule has 2 atom stereocenters. The normalized spacial score (nSPS) is 21.7. The van der Waals surface area contributed by atoms with Crippen LogP contribution >= 0.6 is 0 Å². The Bertz CT molecular complexity index is 1070. The second-order valence-electron chi connectivity index (χ2n) is 8.52. The number of aliphatic hydroxyl groups is 1. The summed E-state index contributed by atoms with van der Waals surface area (Å²) in [6, 6.07) is 11.9. The molecule has 0 aromatic heterocycles. The molecular weight excluding hydrogens is 408 g/mol. The van der Waals surface area contributed by atoms with E-state index in [2.05, 4.69) is 0 Å². The van der Waals surface area contributed by atoms with E-state index in [9.17, 15) is 14.7 Å². The maximum absolute atomic E-state index is 13.1. The minimum atomic E-state index is -0.677. The number of aliphatic hydroxyl groups excluding tert-OH is 1. The number of Topliss-reactive ketones (excluding diaryl/α,β-unsaturated/α-hetero) is 1. The van der Waals surface area contributed by atoms with Crippen molar-refractivity contribution < 1.29 is 24.2 Å². The van der Waals surface area contributed by atoms with Crippen LogP contribution in [-0.4, -0.2) is 67.0 Å². The van der Waals surface area contributed by atoms with Gasteiger partial charge in [0.05, 0.1) is 18.7 Å². The summed E-state index contributed by atoms with van der Waals surface area (Å²) >= 11 is 0. The molecule has 2 aromatic rings. The van der Waals surface area contributed by atoms with E-state index < -0.39 is 17.7 Å². The van der Waals surface area contributed by atoms with E-state index in [1.807, 2.05) is 44.1 Å². The van der Waals surface area contributed by atoms with Crippen LogP contribution in [0, 0.1) is 0 Å². The summed E-state index contributed by atoms with van der Waals surface area (Å²) in [5, 5.41) is 11.2. The molecule has 32 heavy (non-hydrogen) atoms. The summed E-state index contributed by atoms with van der Waals surface area (Å²) in [5.41, 5.74) is 2.32. The minimum Gasteiger partial charge on any atom is -0.507 e. The standard InChI is InChI=1S/C25H28N2O5/c1-15-13-18-14-17(7-10-20(18)32-15)23(28)21-22(16-5-8-19(31-4)9-6-16)27(12-11-26(2)3)25(30)24(21)29/h5-10,14-15,22,28H,11-13H2,1-4H3/b23-21+/t15-,22-/m1/s1. The molecule has 2 aliphatic rings. The van der Waals surface area contributed by atoms with Crippen molar-refractivity contribution in [3.8, 4) is 11.5 Å². The first kappa shape index (κ1) is 21.9. The molecule has 1 fully saturated rings. The molecule has 0 saturated carbocycles. The Balaban J connectivity index is 1.80. The van der Waals surface area contributed by atoms with Gasteiger partial charge in [-0.3, -0.25) is 9.59 Å². The highest BCUT2D eigenvalue weighted by Gasteiger charge is 2.46. The van der Waals surface area contributed by atoms with Gasteiger partial charge in [0, 0.05) is 25.1 Å². The number of carbonyl (C=O) groups is 2. The van der Waals surface area contributed by atoms with Crippen LogP contribution in [-0.2, 0) is 16.0 Å². The summed E-state index contributed by atoms with van der Waals surface area (Å²) in [7, 11) is 5.40. The van der Waals surface area contributed by atoms with Crippen LogP contribution in [0.15, 0.2) is 48.0 Å². The lowest BCUT2D eigenvalue weighted by Gasteiger charge is -2.26. The Morgan fingerprint density at radius 2 is 1.91 bits per heavy atom. The number of likely N-dealkylation sites (N-methyl/N-ethyl adjacent to an activating group) is 1. The fraction of sp³-hybridized carbons (Fsp3) is 0.360. The van der Waals surface area contributed by atoms with Crippen molar-refractivity contribution in [2.75, 3.05) is 34.3 Å². The van der Waals surface area contributed by atoms with Gasteiger partial charge in [-0.15, -0.1) is 0 Å². The Hall–Kier alpha value is -3.32. The smallest absolute Gasteiger partial charge is 0.295 e. The first-order valence-electron chi connectivity index (χ1n) is 10.7. The van der Waals surface area contributed by atoms with Gasteiger partial charge >= 0.3 is 0 Å². The molecule has 0 aliphatic carbocycles. The molecule has 0 spiro atoms. The van der Waals surface area contributed by atoms with Gasteiger partial charge in [-0.2, -0.15) is 0 Å². The fourth-order valence-electron chi connectivity index (χ4n) is 4.28. The third kappa shape index (κ3) is 3.96. The number of benzene rings is 2. The second-order valence-corrected chi connectivity index (χ2v) is 8.52. The van der Waals surface area contributed by atoms with Crippen LogP contribution in [0.2, 0.25) is 0 Å². The fourth-order valence-corrected chi connectivity index (χ4v) is 4.28. The number of ketones is 1. The van der Waals surface area contributed by atoms with Crippen LogP contribution in [0.1, 0.15) is 29.7 Å². The summed E-state index contributed by atoms with van der Waals surface area (Å²) < 4.78 is 11.0. The topological polar surface area (TPSA) is 79.3 Å². The van der Waals surface area contributed by atoms with Crippen molar-refractivity contribution >= 4 is 17.4 Å². The number of carbonyl (C=O) groups excluding carboxylic acids is 2. The quantitative estimate of drug-likeness (QED) is 0.426. The van der Waals surface area contributed by atoms with E-state index >= 15 is 0 Å². The highest BCUT2D eigenvalue weighted by molar-refractivity contribution is 6.46. The molecule has 0 radical (unpaired) electrons. The molecule has 168 valence electrons. The maximum atomic E-state index is 13.1. The molecule has 0 unspecified atom stereocenters. The van der Waals surface area contributed by atoms with E-state index in [-0.39, 0.29) is 17.4 Å². The SMILES string of the molecule is COc1ccc([C@@H]2/C(=C(\O)c3ccc4c(c3)C[C@@H](C)O4)C(=O)C(=O)N2CCN(C)C)cc1. The summed E-state index contributed by atoms with van der Waals surface area (Å²) in [6.07, 6.45) is 0.800. The van der Waals surface area contributed by atoms with Crippen molar-refractivity contribution in [3.63, 3.8) is 0 Å². The maximum Gasteiger partial charge on any atom is 0.295 e. The number of methoxy groups -OCH3 is 1. The average Bonchev–Trinajstić information content (AvgIpc) is 3.27. The number of fused-ring (bicyclic) bond motifs is 1. The van der Waals surface area contributed by atoms with Gasteiger partial charge in [0.2, 0.25) is 0 Å². The lowest BCUT2D eigenvalue weighted by Crippen LogP contribution is -2.35. The van der Waals surface area contributed by atoms with Crippen LogP contribution in [0.3, 0.4) is 0 Å². The average molecular weight is 437 g/mol. The Morgan fingerprint density at radius 3 is 2.56 bits per heavy atom. The van der Waals surface area contributed by atoms with Crippen LogP contribution in [0.4, 0.5) is 0 Å². The molecule has 2 heterocycles. The van der Waals surface area contributed by atoms with Crippen LogP contribution in [0.5, 0.6) is 11.5 Å². The molecule has 1 amide bonds. The van der Waals surface area contributed by atoms with E-state index in [0.717, 1.165) is 23.3 Å². The number of nitrogens with zero attached hydrogens (tertiary/aromatic N) is 2. The number of hydrogen-bond donors (Lipinski definition) is 1. The number of ether oxygens (including phenoxy) is 2. The van der Waals surface area contributed by atoms with Crippen molar-refractivity contribution in [2.45, 2.75) is 25.5 Å². The first-order chi connectivity index (χ1) is 15.3. The first-order valence-corrected chi connectivity index (χ1v) is 10.7. The van der Waals surface area contributed by atoms with Gasteiger partial charge in [-0.05, 0) is 62.5 Å². The third-order valence-corrected chi connectivity index (χ3v) is 5.93. The lowest BCUT2D eigenvalue weighted by molar-refractivity contribution is -0.140. The lowest BCUT2D eigenvalue weighted by atomic mass is 9.94. The Morgan fingerprint density at radius 1 is 1.19 bits per heavy atom. The zero-order chi connectivity index (χ0) is 23.0. The number of hydrogen-bond acceptors (Lipinski definition) is 6. The van der Waals surface area contributed by atoms with Gasteiger partial charge in [-0.1, -0.05) is 12.1 Å². The molecule has 7 nitrogen and oxygen atoms in total. The highest BCUT2D eigenvalue weighted by atomic mass is 16.5. The zero-order valence-corrected chi connectivity index (χ0v) is 18.8. The van der Waals surface area contributed by atoms with Gasteiger partial charge in [0.1, 0.15) is 23.4 Å². The van der Waals surface area contributed by atoms with Crippen LogP contribution in [0.25, 0.3) is 5.76 Å². The summed E-state index contributed by atoms with van der Waals surface area (Å²) in [4.78, 5) is 29.6.